The summed E-state index contributed by atoms with van der Waals surface area (Å²) in [6.07, 6.45) is 2.38. The number of methoxy groups -OCH3 is 3. The lowest BCUT2D eigenvalue weighted by molar-refractivity contribution is -0.126. The van der Waals surface area contributed by atoms with Gasteiger partial charge in [-0.1, -0.05) is 55.1 Å². The highest BCUT2D eigenvalue weighted by Crippen LogP contribution is 2.32. The summed E-state index contributed by atoms with van der Waals surface area (Å²) in [4.78, 5) is 77.8. The number of allylic oxidation sites excluding steroid dienone is 1. The number of nitrogens with zero attached hydrogens (tertiary/aromatic N) is 7. The Kier molecular flexibility index (Phi) is 26.5. The number of aromatic nitrogens is 3. The number of rotatable bonds is 15. The molecule has 0 bridgehead atoms. The van der Waals surface area contributed by atoms with E-state index in [0.29, 0.717) is 62.1 Å². The maximum atomic E-state index is 11.9. The summed E-state index contributed by atoms with van der Waals surface area (Å²) in [5.74, 6) is 3.54. The fraction of sp³-hybridized carbons (Fsp3) is 0.300. The molecule has 0 spiro atoms. The molecule has 1 radical (unpaired) electrons. The summed E-state index contributed by atoms with van der Waals surface area (Å²) in [5, 5.41) is 14.6. The van der Waals surface area contributed by atoms with Crippen LogP contribution in [-0.2, 0) is 9.59 Å². The van der Waals surface area contributed by atoms with Crippen LogP contribution in [0.25, 0.3) is 22.5 Å². The van der Waals surface area contributed by atoms with Crippen molar-refractivity contribution in [1.29, 1.82) is 0 Å². The third-order valence-electron chi connectivity index (χ3n) is 13.5. The van der Waals surface area contributed by atoms with Crippen molar-refractivity contribution < 1.29 is 47.9 Å². The van der Waals surface area contributed by atoms with E-state index in [9.17, 15) is 24.0 Å². The molecule has 3 aliphatic heterocycles. The molecule has 9 N–H and O–H groups in total. The number of hydrogen-bond donors (Lipinski definition) is 6. The molecule has 25 heteroatoms. The monoisotopic (exact) mass is 1200 g/mol. The minimum Gasteiger partial charge on any atom is -0.537 e. The van der Waals surface area contributed by atoms with E-state index in [-0.39, 0.29) is 16.6 Å². The first kappa shape index (κ1) is 67.1. The number of pyridine rings is 3. The number of ether oxygens (including phenoxy) is 3. The van der Waals surface area contributed by atoms with E-state index in [1.807, 2.05) is 69.3 Å². The molecular weight excluding hydrogens is 1130 g/mol. The number of aryl methyl sites for hydroxylation is 3. The van der Waals surface area contributed by atoms with E-state index in [1.165, 1.54) is 6.08 Å². The summed E-state index contributed by atoms with van der Waals surface area (Å²) in [6, 6.07) is 27.3. The zero-order chi connectivity index (χ0) is 62.2. The molecule has 6 heterocycles. The van der Waals surface area contributed by atoms with Crippen molar-refractivity contribution in [1.82, 2.24) is 30.5 Å². The molecule has 3 aromatic heterocycles. The predicted molar refractivity (Wildman–Crippen MR) is 333 cm³/mol. The number of nitrogens with two attached hydrogens (primary N) is 3. The lowest BCUT2D eigenvalue weighted by Gasteiger charge is -2.35. The average molecular weight is 1200 g/mol. The Hall–Kier alpha value is -8.74. The van der Waals surface area contributed by atoms with Crippen LogP contribution in [0.5, 0.6) is 23.0 Å². The first-order chi connectivity index (χ1) is 40.8. The zero-order valence-corrected chi connectivity index (χ0v) is 50.0. The van der Waals surface area contributed by atoms with Crippen LogP contribution in [0.3, 0.4) is 0 Å². The van der Waals surface area contributed by atoms with Gasteiger partial charge in [-0.25, -0.2) is 15.0 Å². The highest BCUT2D eigenvalue weighted by molar-refractivity contribution is 6.66. The number of amides is 4. The maximum absolute atomic E-state index is 11.9. The van der Waals surface area contributed by atoms with Gasteiger partial charge < -0.3 is 71.3 Å². The molecule has 449 valence electrons. The minimum atomic E-state index is -0.552. The molecule has 0 saturated carbocycles. The Morgan fingerprint density at radius 1 is 0.553 bits per heavy atom. The second-order valence-electron chi connectivity index (χ2n) is 19.0. The topological polar surface area (TPSA) is 296 Å². The molecule has 3 saturated heterocycles. The van der Waals surface area contributed by atoms with E-state index >= 15 is 0 Å². The molecule has 0 atom stereocenters. The zero-order valence-electron chi connectivity index (χ0n) is 48.5. The largest absolute Gasteiger partial charge is 0.569 e. The van der Waals surface area contributed by atoms with E-state index in [1.54, 1.807) is 68.7 Å². The lowest BCUT2D eigenvalue weighted by atomic mass is 10.0. The Bertz CT molecular complexity index is 3300. The summed E-state index contributed by atoms with van der Waals surface area (Å²) >= 11 is 10.6. The van der Waals surface area contributed by atoms with Crippen molar-refractivity contribution in [2.75, 3.05) is 115 Å². The van der Waals surface area contributed by atoms with Gasteiger partial charge in [-0.3, -0.25) is 24.0 Å². The van der Waals surface area contributed by atoms with E-state index in [0.717, 1.165) is 121 Å². The van der Waals surface area contributed by atoms with Crippen LogP contribution >= 0.6 is 23.2 Å². The van der Waals surface area contributed by atoms with Crippen molar-refractivity contribution in [3.05, 3.63) is 155 Å². The van der Waals surface area contributed by atoms with Crippen LogP contribution in [0.2, 0.25) is 5.15 Å². The molecule has 0 aliphatic carbocycles. The van der Waals surface area contributed by atoms with Crippen LogP contribution < -0.4 is 61.4 Å². The Morgan fingerprint density at radius 3 is 1.29 bits per heavy atom. The summed E-state index contributed by atoms with van der Waals surface area (Å²) in [5.41, 5.74) is 23.1. The summed E-state index contributed by atoms with van der Waals surface area (Å²) < 4.78 is 20.6. The molecule has 4 amide bonds. The van der Waals surface area contributed by atoms with E-state index in [4.69, 9.17) is 74.3 Å². The smallest absolute Gasteiger partial charge is 0.537 e. The number of hydrogen-bond acceptors (Lipinski definition) is 18. The highest BCUT2D eigenvalue weighted by Gasteiger charge is 2.24. The molecule has 3 fully saturated rings. The number of nitrogens with one attached hydrogen (secondary N) is 2. The molecule has 22 nitrogen and oxygen atoms in total. The van der Waals surface area contributed by atoms with Crippen molar-refractivity contribution >= 4 is 77.2 Å². The standard InChI is InChI=1S/C21H24N4O3.C18H22N4O2.C10H13ClN4O.C8H10BO3.C3H3ClO/c1-4-19(26)25-11-9-24(10-12-25)18-8-7-16(21(22)27)20(23-18)15-6-5-14(2)17(13-15)28-3;1-12-3-4-13(11-15(12)24-2)17-14(18(19)23)5-6-16(21-17)22-9-7-20-8-10-22;11-9-7(10(12)16)1-2-8(14-9)15-5-3-13-4-6-15;1-6-3-4-7(12-9-10)5-8(6)11-2;1-2-3(4)5/h4-8,13H,1,9-12H2,2-3H3,(H2,22,27);3-6,11,20H,7-10H2,1-2H3,(H2,19,23);1-2,13H,3-6H2,(H2,12,16);3-5,10H,1-2H3;2H,1H2. The van der Waals surface area contributed by atoms with Crippen LogP contribution in [0.4, 0.5) is 17.5 Å². The van der Waals surface area contributed by atoms with Crippen LogP contribution in [-0.4, -0.2) is 161 Å². The number of piperazine rings is 3. The van der Waals surface area contributed by atoms with E-state index in [2.05, 4.69) is 43.5 Å². The lowest BCUT2D eigenvalue weighted by Crippen LogP contribution is -2.48. The number of anilines is 3. The first-order valence-corrected chi connectivity index (χ1v) is 27.6. The van der Waals surface area contributed by atoms with Crippen LogP contribution in [0.1, 0.15) is 47.8 Å². The Balaban J connectivity index is 0.000000210. The SMILES string of the molecule is C=CC(=O)Cl.C=CC(=O)N1CCN(c2ccc(C(N)=O)c(-c3ccc(C)c(OC)c3)n2)CC1.COc1cc(-c2nc(N3CCNCC3)ccc2C(N)=O)ccc1C.COc1cc(O[B]O)ccc1C.NC(=O)c1ccc(N2CCNCC2)nc1Cl. The highest BCUT2D eigenvalue weighted by atomic mass is 35.5. The van der Waals surface area contributed by atoms with Gasteiger partial charge in [-0.05, 0) is 116 Å². The number of carbonyl (C=O) groups is 5. The van der Waals surface area contributed by atoms with Crippen molar-refractivity contribution in [2.45, 2.75) is 20.8 Å². The summed E-state index contributed by atoms with van der Waals surface area (Å²) in [7, 11) is 5.47. The molecule has 3 aromatic carbocycles. The number of halogens is 2. The van der Waals surface area contributed by atoms with E-state index < -0.39 is 23.0 Å². The first-order valence-electron chi connectivity index (χ1n) is 26.8. The maximum Gasteiger partial charge on any atom is 0.569 e. The summed E-state index contributed by atoms with van der Waals surface area (Å²) in [6.45, 7) is 22.2. The quantitative estimate of drug-likeness (QED) is 0.0313. The van der Waals surface area contributed by atoms with Crippen molar-refractivity contribution in [3.63, 3.8) is 0 Å². The third-order valence-corrected chi connectivity index (χ3v) is 13.9. The Morgan fingerprint density at radius 2 is 0.929 bits per heavy atom. The number of carbonyl (C=O) groups excluding carboxylic acids is 5. The van der Waals surface area contributed by atoms with Crippen LogP contribution in [0, 0.1) is 20.8 Å². The van der Waals surface area contributed by atoms with Gasteiger partial charge in [0.2, 0.25) is 11.1 Å². The van der Waals surface area contributed by atoms with Gasteiger partial charge in [0.25, 0.3) is 17.7 Å². The fourth-order valence-electron chi connectivity index (χ4n) is 8.81. The molecule has 0 unspecified atom stereocenters. The molecule has 9 rings (SSSR count). The number of benzene rings is 3. The van der Waals surface area contributed by atoms with Gasteiger partial charge >= 0.3 is 7.69 Å². The minimum absolute atomic E-state index is 0.0656. The van der Waals surface area contributed by atoms with Gasteiger partial charge in [0.1, 0.15) is 45.6 Å². The normalized spacial score (nSPS) is 13.4. The van der Waals surface area contributed by atoms with Crippen molar-refractivity contribution in [2.24, 2.45) is 17.2 Å². The van der Waals surface area contributed by atoms with Gasteiger partial charge in [0.05, 0.1) is 49.4 Å². The molecular formula is C60H72BCl2N12O10. The molecule has 85 heavy (non-hydrogen) atoms. The van der Waals surface area contributed by atoms with Gasteiger partial charge in [-0.15, -0.1) is 0 Å². The van der Waals surface area contributed by atoms with Gasteiger partial charge in [0, 0.05) is 95.7 Å². The van der Waals surface area contributed by atoms with Crippen LogP contribution in [0.15, 0.2) is 116 Å². The molecule has 3 aliphatic rings. The number of primary amides is 3. The van der Waals surface area contributed by atoms with Gasteiger partial charge in [0.15, 0.2) is 0 Å². The second-order valence-corrected chi connectivity index (χ2v) is 19.7. The van der Waals surface area contributed by atoms with Crippen molar-refractivity contribution in [3.8, 4) is 45.5 Å². The Labute approximate surface area is 506 Å². The second kappa shape index (κ2) is 33.5. The average Bonchev–Trinajstić information content (AvgIpc) is 3.66. The molecule has 6 aromatic rings. The third kappa shape index (κ3) is 19.4. The fourth-order valence-corrected chi connectivity index (χ4v) is 9.06. The predicted octanol–water partition coefficient (Wildman–Crippen LogP) is 5.66. The van der Waals surface area contributed by atoms with Gasteiger partial charge in [-0.2, -0.15) is 0 Å².